The van der Waals surface area contributed by atoms with Gasteiger partial charge in [-0.15, -0.1) is 0 Å². The molecule has 0 bridgehead atoms. The first-order valence-corrected chi connectivity index (χ1v) is 18.9. The Kier molecular flexibility index (Phi) is 9.78. The normalized spacial score (nSPS) is 23.3. The number of rotatable bonds is 8. The van der Waals surface area contributed by atoms with E-state index in [1.165, 1.54) is 0 Å². The first kappa shape index (κ1) is 37.5. The molecule has 3 aromatic rings. The van der Waals surface area contributed by atoms with E-state index in [2.05, 4.69) is 75.1 Å². The first-order chi connectivity index (χ1) is 25.6. The number of nitrogens with zero attached hydrogens (tertiary/aromatic N) is 5. The molecule has 1 aromatic heterocycles. The van der Waals surface area contributed by atoms with Crippen LogP contribution >= 0.6 is 27.5 Å². The minimum Gasteiger partial charge on any atom is -0.489 e. The summed E-state index contributed by atoms with van der Waals surface area (Å²) in [6.45, 7) is 11.6. The van der Waals surface area contributed by atoms with Gasteiger partial charge < -0.3 is 15.0 Å². The summed E-state index contributed by atoms with van der Waals surface area (Å²) in [6.07, 6.45) is 1.54. The molecule has 0 spiro atoms. The third-order valence-corrected chi connectivity index (χ3v) is 12.4. The Morgan fingerprint density at radius 3 is 2.39 bits per heavy atom. The number of piperidine rings is 1. The molecule has 2 N–H and O–H groups in total. The summed E-state index contributed by atoms with van der Waals surface area (Å²) >= 11 is 9.80. The van der Waals surface area contributed by atoms with Gasteiger partial charge in [0.1, 0.15) is 29.8 Å². The monoisotopic (exact) mass is 815 g/mol. The number of benzene rings is 2. The molecule has 15 heteroatoms. The number of aromatic nitrogens is 1. The predicted octanol–water partition coefficient (Wildman–Crippen LogP) is 4.70. The lowest BCUT2D eigenvalue weighted by atomic mass is 9.49. The molecule has 2 saturated heterocycles. The molecular weight excluding hydrogens is 778 g/mol. The Morgan fingerprint density at radius 2 is 1.76 bits per heavy atom. The molecule has 54 heavy (non-hydrogen) atoms. The maximum Gasteiger partial charge on any atom is 0.263 e. The van der Waals surface area contributed by atoms with Crippen molar-refractivity contribution in [2.24, 2.45) is 10.8 Å². The maximum atomic E-state index is 13.4. The molecule has 13 nitrogen and oxygen atoms in total. The zero-order valence-electron chi connectivity index (χ0n) is 30.2. The van der Waals surface area contributed by atoms with Gasteiger partial charge in [-0.1, -0.05) is 45.4 Å². The van der Waals surface area contributed by atoms with E-state index in [-0.39, 0.29) is 42.0 Å². The molecule has 1 atom stereocenters. The number of nitrogens with one attached hydrogen (secondary N) is 2. The van der Waals surface area contributed by atoms with Gasteiger partial charge in [0.15, 0.2) is 0 Å². The quantitative estimate of drug-likeness (QED) is 0.305. The number of pyridine rings is 1. The standard InChI is InChI=1S/C39H39BrClN7O6/c1-38(2)36(39(3,4)37(38)54-24-8-5-21(18-42)26(41)17-24)45-32(50)22-7-11-28(43-19-22)47-15-13-46(14-16-47)20-23-6-9-25-30(31(23)40)35(53)48(34(25)52)27-10-12-29(49)44-33(27)51/h5-9,11,17,19,27,36-37H,10,12-16,20H2,1-4H3,(H,45,50)(H,44,49,51)/t27?,36-,37-. The van der Waals surface area contributed by atoms with E-state index >= 15 is 0 Å². The van der Waals surface area contributed by atoms with Crippen LogP contribution in [0.1, 0.15) is 82.7 Å². The Balaban J connectivity index is 0.934. The molecule has 4 aliphatic rings. The summed E-state index contributed by atoms with van der Waals surface area (Å²) in [4.78, 5) is 74.1. The number of nitriles is 1. The van der Waals surface area contributed by atoms with Crippen molar-refractivity contribution < 1.29 is 28.7 Å². The average molecular weight is 817 g/mol. The van der Waals surface area contributed by atoms with Crippen LogP contribution < -0.4 is 20.3 Å². The van der Waals surface area contributed by atoms with E-state index < -0.39 is 40.5 Å². The van der Waals surface area contributed by atoms with Gasteiger partial charge in [0.2, 0.25) is 11.8 Å². The highest BCUT2D eigenvalue weighted by Crippen LogP contribution is 2.55. The smallest absolute Gasteiger partial charge is 0.263 e. The van der Waals surface area contributed by atoms with Crippen molar-refractivity contribution in [2.75, 3.05) is 31.1 Å². The summed E-state index contributed by atoms with van der Waals surface area (Å²) in [5, 5.41) is 15.0. The number of carbonyl (C=O) groups is 5. The van der Waals surface area contributed by atoms with Crippen molar-refractivity contribution in [1.29, 1.82) is 5.26 Å². The number of anilines is 1. The molecule has 3 aliphatic heterocycles. The largest absolute Gasteiger partial charge is 0.489 e. The first-order valence-electron chi connectivity index (χ1n) is 17.7. The molecule has 1 unspecified atom stereocenters. The highest BCUT2D eigenvalue weighted by Gasteiger charge is 2.64. The van der Waals surface area contributed by atoms with Crippen LogP contribution in [-0.4, -0.2) is 88.7 Å². The predicted molar refractivity (Wildman–Crippen MR) is 202 cm³/mol. The second-order valence-corrected chi connectivity index (χ2v) is 16.6. The van der Waals surface area contributed by atoms with Gasteiger partial charge in [0, 0.05) is 72.8 Å². The van der Waals surface area contributed by atoms with E-state index in [9.17, 15) is 29.2 Å². The zero-order valence-corrected chi connectivity index (χ0v) is 32.6. The van der Waals surface area contributed by atoms with Crippen molar-refractivity contribution in [3.8, 4) is 11.8 Å². The minimum absolute atomic E-state index is 0.0612. The van der Waals surface area contributed by atoms with Crippen LogP contribution in [0.4, 0.5) is 5.82 Å². The molecule has 7 rings (SSSR count). The number of ether oxygens (including phenoxy) is 1. The van der Waals surface area contributed by atoms with Gasteiger partial charge >= 0.3 is 0 Å². The zero-order chi connectivity index (χ0) is 38.7. The van der Waals surface area contributed by atoms with Crippen LogP contribution in [0.3, 0.4) is 0 Å². The summed E-state index contributed by atoms with van der Waals surface area (Å²) in [7, 11) is 0. The lowest BCUT2D eigenvalue weighted by Crippen LogP contribution is -2.74. The number of hydrogen-bond acceptors (Lipinski definition) is 10. The summed E-state index contributed by atoms with van der Waals surface area (Å²) in [5.74, 6) is -1.03. The van der Waals surface area contributed by atoms with Crippen molar-refractivity contribution in [3.05, 3.63) is 86.0 Å². The van der Waals surface area contributed by atoms with E-state index in [1.807, 2.05) is 12.1 Å². The Morgan fingerprint density at radius 1 is 1.04 bits per heavy atom. The molecule has 5 amide bonds. The topological polar surface area (TPSA) is 165 Å². The summed E-state index contributed by atoms with van der Waals surface area (Å²) in [6, 6.07) is 13.0. The third-order valence-electron chi connectivity index (χ3n) is 11.2. The van der Waals surface area contributed by atoms with Crippen molar-refractivity contribution in [2.45, 2.75) is 65.3 Å². The van der Waals surface area contributed by atoms with Crippen molar-refractivity contribution in [3.63, 3.8) is 0 Å². The van der Waals surface area contributed by atoms with Crippen LogP contribution in [0.2, 0.25) is 5.02 Å². The number of piperazine rings is 1. The van der Waals surface area contributed by atoms with Crippen molar-refractivity contribution in [1.82, 2.24) is 25.4 Å². The van der Waals surface area contributed by atoms with Gasteiger partial charge in [-0.2, -0.15) is 5.26 Å². The van der Waals surface area contributed by atoms with Gasteiger partial charge in [-0.3, -0.25) is 39.1 Å². The Bertz CT molecular complexity index is 2110. The number of halogens is 2. The van der Waals surface area contributed by atoms with Gasteiger partial charge in [-0.05, 0) is 58.2 Å². The van der Waals surface area contributed by atoms with E-state index in [0.717, 1.165) is 16.3 Å². The highest BCUT2D eigenvalue weighted by molar-refractivity contribution is 9.10. The number of hydrogen-bond donors (Lipinski definition) is 2. The fourth-order valence-electron chi connectivity index (χ4n) is 8.58. The minimum atomic E-state index is -1.02. The molecule has 0 radical (unpaired) electrons. The second kappa shape index (κ2) is 14.1. The molecule has 1 aliphatic carbocycles. The van der Waals surface area contributed by atoms with Crippen molar-refractivity contribution >= 4 is 62.9 Å². The van der Waals surface area contributed by atoms with Crippen LogP contribution in [0.15, 0.2) is 53.1 Å². The number of fused-ring (bicyclic) bond motifs is 1. The molecule has 2 aromatic carbocycles. The van der Waals surface area contributed by atoms with Gasteiger partial charge in [0.05, 0.1) is 27.3 Å². The average Bonchev–Trinajstić information content (AvgIpc) is 3.39. The van der Waals surface area contributed by atoms with E-state index in [1.54, 1.807) is 36.5 Å². The fraction of sp³-hybridized carbons (Fsp3) is 0.410. The number of amides is 5. The maximum absolute atomic E-state index is 13.4. The van der Waals surface area contributed by atoms with Crippen LogP contribution in [0.25, 0.3) is 0 Å². The Hall–Kier alpha value is -4.84. The van der Waals surface area contributed by atoms with Crippen LogP contribution in [0.5, 0.6) is 5.75 Å². The number of carbonyl (C=O) groups excluding carboxylic acids is 5. The molecule has 1 saturated carbocycles. The van der Waals surface area contributed by atoms with Crippen LogP contribution in [0, 0.1) is 22.2 Å². The SMILES string of the molecule is CC1(C)[C@H](NC(=O)c2ccc(N3CCN(Cc4ccc5c(c4Br)C(=O)N(C4CCC(=O)NC4=O)C5=O)CC3)nc2)C(C)(C)[C@H]1Oc1ccc(C#N)c(Cl)c1. The van der Waals surface area contributed by atoms with Gasteiger partial charge in [0.25, 0.3) is 17.7 Å². The molecule has 280 valence electrons. The summed E-state index contributed by atoms with van der Waals surface area (Å²) in [5.41, 5.74) is 1.36. The molecule has 4 heterocycles. The number of imide groups is 2. The van der Waals surface area contributed by atoms with Gasteiger partial charge in [-0.25, -0.2) is 4.98 Å². The van der Waals surface area contributed by atoms with E-state index in [4.69, 9.17) is 16.3 Å². The van der Waals surface area contributed by atoms with Crippen LogP contribution in [-0.2, 0) is 16.1 Å². The lowest BCUT2D eigenvalue weighted by molar-refractivity contribution is -0.164. The molecule has 3 fully saturated rings. The van der Waals surface area contributed by atoms with E-state index in [0.29, 0.717) is 59.1 Å². The lowest BCUT2D eigenvalue weighted by Gasteiger charge is -2.63. The summed E-state index contributed by atoms with van der Waals surface area (Å²) < 4.78 is 6.87. The third kappa shape index (κ3) is 6.52. The fourth-order valence-corrected chi connectivity index (χ4v) is 9.43. The second-order valence-electron chi connectivity index (χ2n) is 15.4. The Labute approximate surface area is 326 Å². The molecular formula is C39H39BrClN7O6. The highest BCUT2D eigenvalue weighted by atomic mass is 79.9.